The van der Waals surface area contributed by atoms with Crippen LogP contribution in [-0.4, -0.2) is 28.8 Å². The summed E-state index contributed by atoms with van der Waals surface area (Å²) in [5.74, 6) is 0.350. The van der Waals surface area contributed by atoms with Crippen molar-refractivity contribution >= 4 is 29.3 Å². The minimum atomic E-state index is -0.238. The van der Waals surface area contributed by atoms with Crippen LogP contribution in [0.1, 0.15) is 6.42 Å². The number of esters is 1. The number of nitrogens with zero attached hydrogens (tertiary/aromatic N) is 2. The zero-order chi connectivity index (χ0) is 10.4. The highest BCUT2D eigenvalue weighted by Crippen LogP contribution is 2.22. The third kappa shape index (κ3) is 3.51. The molecule has 0 fully saturated rings. The molecular weight excluding hydrogens is 224 g/mol. The highest BCUT2D eigenvalue weighted by atomic mass is 35.5. The van der Waals surface area contributed by atoms with Crippen LogP contribution in [0.25, 0.3) is 0 Å². The maximum atomic E-state index is 10.8. The summed E-state index contributed by atoms with van der Waals surface area (Å²) in [6.07, 6.45) is 3.42. The number of aromatic nitrogens is 2. The Bertz CT molecular complexity index is 322. The smallest absolute Gasteiger partial charge is 0.306 e. The summed E-state index contributed by atoms with van der Waals surface area (Å²) in [5.41, 5.74) is 0. The van der Waals surface area contributed by atoms with Gasteiger partial charge in [0, 0.05) is 18.1 Å². The van der Waals surface area contributed by atoms with E-state index in [1.165, 1.54) is 25.1 Å². The van der Waals surface area contributed by atoms with Gasteiger partial charge in [0.25, 0.3) is 0 Å². The van der Waals surface area contributed by atoms with E-state index >= 15 is 0 Å². The highest BCUT2D eigenvalue weighted by Gasteiger charge is 2.05. The van der Waals surface area contributed by atoms with E-state index in [4.69, 9.17) is 11.6 Å². The molecule has 0 atom stereocenters. The van der Waals surface area contributed by atoms with Gasteiger partial charge < -0.3 is 4.74 Å². The molecule has 0 saturated heterocycles. The minimum Gasteiger partial charge on any atom is -0.469 e. The topological polar surface area (TPSA) is 52.1 Å². The van der Waals surface area contributed by atoms with E-state index in [1.54, 1.807) is 6.20 Å². The number of halogens is 1. The Kier molecular flexibility index (Phi) is 4.69. The first-order valence-corrected chi connectivity index (χ1v) is 5.26. The van der Waals surface area contributed by atoms with Crippen LogP contribution in [-0.2, 0) is 9.53 Å². The monoisotopic (exact) mass is 232 g/mol. The van der Waals surface area contributed by atoms with Crippen LogP contribution in [0.3, 0.4) is 0 Å². The summed E-state index contributed by atoms with van der Waals surface area (Å²) < 4.78 is 4.50. The fourth-order valence-electron chi connectivity index (χ4n) is 0.738. The summed E-state index contributed by atoms with van der Waals surface area (Å²) in [5, 5.41) is 1.00. The second-order valence-electron chi connectivity index (χ2n) is 2.33. The lowest BCUT2D eigenvalue weighted by atomic mass is 10.5. The molecule has 1 heterocycles. The number of ether oxygens (including phenoxy) is 1. The molecule has 0 radical (unpaired) electrons. The molecule has 6 heteroatoms. The standard InChI is InChI=1S/C8H9ClN2O2S/c1-13-6(12)2-5-14-8-7(9)10-3-4-11-8/h3-4H,2,5H2,1H3. The molecule has 0 bridgehead atoms. The lowest BCUT2D eigenvalue weighted by molar-refractivity contribution is -0.140. The molecule has 0 amide bonds. The van der Waals surface area contributed by atoms with E-state index in [1.807, 2.05) is 0 Å². The van der Waals surface area contributed by atoms with E-state index in [0.717, 1.165) is 0 Å². The fraction of sp³-hybridized carbons (Fsp3) is 0.375. The lowest BCUT2D eigenvalue weighted by Crippen LogP contribution is -2.01. The first-order valence-electron chi connectivity index (χ1n) is 3.90. The summed E-state index contributed by atoms with van der Waals surface area (Å²) in [6.45, 7) is 0. The normalized spacial score (nSPS) is 9.86. The van der Waals surface area contributed by atoms with Gasteiger partial charge in [0.2, 0.25) is 0 Å². The maximum absolute atomic E-state index is 10.8. The van der Waals surface area contributed by atoms with Crippen molar-refractivity contribution in [1.29, 1.82) is 0 Å². The number of carbonyl (C=O) groups is 1. The van der Waals surface area contributed by atoms with Gasteiger partial charge in [-0.1, -0.05) is 11.6 Å². The summed E-state index contributed by atoms with van der Waals surface area (Å²) in [6, 6.07) is 0. The fourth-order valence-corrected chi connectivity index (χ4v) is 1.78. The van der Waals surface area contributed by atoms with Gasteiger partial charge in [0.05, 0.1) is 13.5 Å². The van der Waals surface area contributed by atoms with E-state index in [-0.39, 0.29) is 5.97 Å². The Labute approximate surface area is 91.0 Å². The van der Waals surface area contributed by atoms with Gasteiger partial charge in [0.15, 0.2) is 5.15 Å². The molecule has 0 saturated carbocycles. The molecule has 0 aliphatic rings. The van der Waals surface area contributed by atoms with Crippen molar-refractivity contribution < 1.29 is 9.53 Å². The van der Waals surface area contributed by atoms with Gasteiger partial charge in [-0.15, -0.1) is 11.8 Å². The van der Waals surface area contributed by atoms with Gasteiger partial charge in [-0.2, -0.15) is 0 Å². The molecule has 76 valence electrons. The van der Waals surface area contributed by atoms with Crippen LogP contribution in [0.4, 0.5) is 0 Å². The van der Waals surface area contributed by atoms with Crippen molar-refractivity contribution in [2.75, 3.05) is 12.9 Å². The summed E-state index contributed by atoms with van der Waals surface area (Å²) in [7, 11) is 1.36. The van der Waals surface area contributed by atoms with Crippen molar-refractivity contribution in [2.24, 2.45) is 0 Å². The number of hydrogen-bond donors (Lipinski definition) is 0. The molecule has 1 rings (SSSR count). The number of methoxy groups -OCH3 is 1. The van der Waals surface area contributed by atoms with E-state index < -0.39 is 0 Å². The molecule has 0 aromatic carbocycles. The minimum absolute atomic E-state index is 0.238. The van der Waals surface area contributed by atoms with Crippen LogP contribution in [0, 0.1) is 0 Å². The molecule has 14 heavy (non-hydrogen) atoms. The molecule has 4 nitrogen and oxygen atoms in total. The second-order valence-corrected chi connectivity index (χ2v) is 3.77. The van der Waals surface area contributed by atoms with Gasteiger partial charge in [-0.05, 0) is 0 Å². The first kappa shape index (κ1) is 11.3. The maximum Gasteiger partial charge on any atom is 0.306 e. The largest absolute Gasteiger partial charge is 0.469 e. The lowest BCUT2D eigenvalue weighted by Gasteiger charge is -2.00. The van der Waals surface area contributed by atoms with Gasteiger partial charge in [0.1, 0.15) is 5.03 Å². The predicted octanol–water partition coefficient (Wildman–Crippen LogP) is 1.79. The summed E-state index contributed by atoms with van der Waals surface area (Å²) in [4.78, 5) is 18.7. The molecule has 0 aliphatic heterocycles. The average molecular weight is 233 g/mol. The average Bonchev–Trinajstić information content (AvgIpc) is 2.20. The van der Waals surface area contributed by atoms with Crippen molar-refractivity contribution in [1.82, 2.24) is 9.97 Å². The van der Waals surface area contributed by atoms with E-state index in [9.17, 15) is 4.79 Å². The molecular formula is C8H9ClN2O2S. The molecule has 0 unspecified atom stereocenters. The van der Waals surface area contributed by atoms with Crippen molar-refractivity contribution in [3.05, 3.63) is 17.5 Å². The molecule has 0 aliphatic carbocycles. The SMILES string of the molecule is COC(=O)CCSc1nccnc1Cl. The van der Waals surface area contributed by atoms with Crippen LogP contribution in [0.5, 0.6) is 0 Å². The zero-order valence-corrected chi connectivity index (χ0v) is 9.14. The summed E-state index contributed by atoms with van der Waals surface area (Å²) >= 11 is 7.15. The van der Waals surface area contributed by atoms with Crippen LogP contribution < -0.4 is 0 Å². The van der Waals surface area contributed by atoms with Crippen LogP contribution >= 0.6 is 23.4 Å². The number of hydrogen-bond acceptors (Lipinski definition) is 5. The predicted molar refractivity (Wildman–Crippen MR) is 54.4 cm³/mol. The van der Waals surface area contributed by atoms with E-state index in [2.05, 4.69) is 14.7 Å². The van der Waals surface area contributed by atoms with Crippen molar-refractivity contribution in [3.8, 4) is 0 Å². The van der Waals surface area contributed by atoms with E-state index in [0.29, 0.717) is 22.4 Å². The van der Waals surface area contributed by atoms with Crippen molar-refractivity contribution in [3.63, 3.8) is 0 Å². The highest BCUT2D eigenvalue weighted by molar-refractivity contribution is 7.99. The number of carbonyl (C=O) groups excluding carboxylic acids is 1. The van der Waals surface area contributed by atoms with Crippen LogP contribution in [0.15, 0.2) is 17.4 Å². The Morgan fingerprint density at radius 3 is 2.93 bits per heavy atom. The number of rotatable bonds is 4. The quantitative estimate of drug-likeness (QED) is 0.585. The number of thioether (sulfide) groups is 1. The Morgan fingerprint density at radius 1 is 1.57 bits per heavy atom. The first-order chi connectivity index (χ1) is 6.74. The van der Waals surface area contributed by atoms with Gasteiger partial charge in [-0.25, -0.2) is 9.97 Å². The third-order valence-corrected chi connectivity index (χ3v) is 2.76. The van der Waals surface area contributed by atoms with Gasteiger partial charge >= 0.3 is 5.97 Å². The Balaban J connectivity index is 2.39. The van der Waals surface area contributed by atoms with Crippen molar-refractivity contribution in [2.45, 2.75) is 11.4 Å². The third-order valence-electron chi connectivity index (χ3n) is 1.40. The Hall–Kier alpha value is -0.810. The Morgan fingerprint density at radius 2 is 2.29 bits per heavy atom. The van der Waals surface area contributed by atoms with Gasteiger partial charge in [-0.3, -0.25) is 4.79 Å². The van der Waals surface area contributed by atoms with Crippen LogP contribution in [0.2, 0.25) is 5.15 Å². The molecule has 1 aromatic rings. The second kappa shape index (κ2) is 5.82. The zero-order valence-electron chi connectivity index (χ0n) is 7.57. The molecule has 0 spiro atoms. The molecule has 0 N–H and O–H groups in total. The molecule has 1 aromatic heterocycles.